The summed E-state index contributed by atoms with van der Waals surface area (Å²) in [5.41, 5.74) is 2.08. The van der Waals surface area contributed by atoms with Crippen molar-refractivity contribution in [2.75, 3.05) is 5.32 Å². The first-order valence-corrected chi connectivity index (χ1v) is 5.10. The number of hydrogen-bond acceptors (Lipinski definition) is 2. The average Bonchev–Trinajstić information content (AvgIpc) is 2.75. The third kappa shape index (κ3) is 2.23. The predicted molar refractivity (Wildman–Crippen MR) is 62.7 cm³/mol. The second kappa shape index (κ2) is 4.37. The zero-order valence-electron chi connectivity index (χ0n) is 8.62. The molecule has 16 heavy (non-hydrogen) atoms. The molecule has 0 atom stereocenters. The van der Waals surface area contributed by atoms with Crippen molar-refractivity contribution in [3.8, 4) is 0 Å². The molecule has 1 aromatic carbocycles. The van der Waals surface area contributed by atoms with E-state index >= 15 is 0 Å². The van der Waals surface area contributed by atoms with Crippen LogP contribution in [0.15, 0.2) is 30.7 Å². The number of aromatic nitrogens is 2. The summed E-state index contributed by atoms with van der Waals surface area (Å²) in [5.74, 6) is -0.220. The van der Waals surface area contributed by atoms with Gasteiger partial charge in [-0.25, -0.2) is 4.98 Å². The normalized spacial score (nSPS) is 10.1. The molecule has 0 saturated carbocycles. The second-order valence-electron chi connectivity index (χ2n) is 3.38. The molecule has 0 aliphatic carbocycles. The molecule has 5 heteroatoms. The van der Waals surface area contributed by atoms with Crippen LogP contribution in [0.5, 0.6) is 0 Å². The minimum atomic E-state index is -0.220. The zero-order valence-corrected chi connectivity index (χ0v) is 9.38. The second-order valence-corrected chi connectivity index (χ2v) is 3.82. The number of carbonyl (C=O) groups excluding carboxylic acids is 1. The van der Waals surface area contributed by atoms with E-state index in [1.54, 1.807) is 18.2 Å². The molecule has 1 heterocycles. The molecule has 1 amide bonds. The maximum atomic E-state index is 11.7. The number of aryl methyl sites for hydroxylation is 1. The van der Waals surface area contributed by atoms with Crippen LogP contribution >= 0.6 is 11.6 Å². The number of nitrogens with zero attached hydrogens (tertiary/aromatic N) is 1. The summed E-state index contributed by atoms with van der Waals surface area (Å²) in [6.07, 6.45) is 2.93. The van der Waals surface area contributed by atoms with Crippen molar-refractivity contribution in [1.82, 2.24) is 9.97 Å². The molecule has 2 rings (SSSR count). The first-order valence-electron chi connectivity index (χ1n) is 4.72. The highest BCUT2D eigenvalue weighted by molar-refractivity contribution is 6.30. The fourth-order valence-corrected chi connectivity index (χ4v) is 1.56. The first-order chi connectivity index (χ1) is 7.66. The Balaban J connectivity index is 2.18. The van der Waals surface area contributed by atoms with E-state index in [4.69, 9.17) is 11.6 Å². The van der Waals surface area contributed by atoms with E-state index in [1.807, 2.05) is 6.92 Å². The maximum absolute atomic E-state index is 11.7. The average molecular weight is 236 g/mol. The Morgan fingerprint density at radius 3 is 2.94 bits per heavy atom. The Hall–Kier alpha value is -1.81. The number of halogens is 1. The van der Waals surface area contributed by atoms with Crippen LogP contribution in [0.4, 0.5) is 5.69 Å². The highest BCUT2D eigenvalue weighted by Gasteiger charge is 2.08. The van der Waals surface area contributed by atoms with Crippen LogP contribution in [-0.4, -0.2) is 15.9 Å². The van der Waals surface area contributed by atoms with Crippen LogP contribution in [0.2, 0.25) is 5.02 Å². The van der Waals surface area contributed by atoms with E-state index in [1.165, 1.54) is 12.5 Å². The minimum Gasteiger partial charge on any atom is -0.341 e. The Labute approximate surface area is 97.7 Å². The number of nitrogens with one attached hydrogen (secondary N) is 2. The lowest BCUT2D eigenvalue weighted by Gasteiger charge is -2.07. The molecule has 0 aliphatic rings. The van der Waals surface area contributed by atoms with Crippen LogP contribution < -0.4 is 5.32 Å². The van der Waals surface area contributed by atoms with Gasteiger partial charge in [0.15, 0.2) is 0 Å². The Morgan fingerprint density at radius 1 is 1.50 bits per heavy atom. The lowest BCUT2D eigenvalue weighted by atomic mass is 10.2. The van der Waals surface area contributed by atoms with Crippen LogP contribution in [0, 0.1) is 6.92 Å². The lowest BCUT2D eigenvalue weighted by Crippen LogP contribution is -2.12. The van der Waals surface area contributed by atoms with E-state index in [2.05, 4.69) is 15.3 Å². The molecule has 0 bridgehead atoms. The van der Waals surface area contributed by atoms with Gasteiger partial charge in [0.1, 0.15) is 5.69 Å². The molecule has 1 aromatic heterocycles. The molecule has 0 aliphatic heterocycles. The van der Waals surface area contributed by atoms with E-state index in [0.29, 0.717) is 10.7 Å². The van der Waals surface area contributed by atoms with Crippen molar-refractivity contribution in [2.24, 2.45) is 0 Å². The van der Waals surface area contributed by atoms with Crippen LogP contribution in [0.3, 0.4) is 0 Å². The monoisotopic (exact) mass is 235 g/mol. The smallest absolute Gasteiger partial charge is 0.273 e. The molecular weight excluding hydrogens is 226 g/mol. The molecule has 0 unspecified atom stereocenters. The van der Waals surface area contributed by atoms with E-state index < -0.39 is 0 Å². The van der Waals surface area contributed by atoms with Gasteiger partial charge in [-0.1, -0.05) is 11.6 Å². The van der Waals surface area contributed by atoms with Crippen molar-refractivity contribution in [3.05, 3.63) is 47.0 Å². The quantitative estimate of drug-likeness (QED) is 0.841. The van der Waals surface area contributed by atoms with Crippen LogP contribution in [0.1, 0.15) is 16.1 Å². The molecule has 2 aromatic rings. The van der Waals surface area contributed by atoms with Gasteiger partial charge < -0.3 is 10.3 Å². The molecular formula is C11H10ClN3O. The van der Waals surface area contributed by atoms with Crippen molar-refractivity contribution >= 4 is 23.2 Å². The van der Waals surface area contributed by atoms with Gasteiger partial charge in [0.25, 0.3) is 5.91 Å². The van der Waals surface area contributed by atoms with Gasteiger partial charge in [-0.15, -0.1) is 0 Å². The highest BCUT2D eigenvalue weighted by atomic mass is 35.5. The largest absolute Gasteiger partial charge is 0.341 e. The number of benzene rings is 1. The van der Waals surface area contributed by atoms with Crippen LogP contribution in [0.25, 0.3) is 0 Å². The maximum Gasteiger partial charge on any atom is 0.273 e. The molecule has 82 valence electrons. The Kier molecular flexibility index (Phi) is 2.92. The summed E-state index contributed by atoms with van der Waals surface area (Å²) in [6.45, 7) is 1.88. The van der Waals surface area contributed by atoms with Gasteiger partial charge in [0.05, 0.1) is 12.5 Å². The molecule has 0 radical (unpaired) electrons. The van der Waals surface area contributed by atoms with Gasteiger partial charge in [0.2, 0.25) is 0 Å². The summed E-state index contributed by atoms with van der Waals surface area (Å²) in [7, 11) is 0. The number of amides is 1. The summed E-state index contributed by atoms with van der Waals surface area (Å²) < 4.78 is 0. The fraction of sp³-hybridized carbons (Fsp3) is 0.0909. The molecule has 4 nitrogen and oxygen atoms in total. The summed E-state index contributed by atoms with van der Waals surface area (Å²) in [6, 6.07) is 5.30. The number of anilines is 1. The van der Waals surface area contributed by atoms with Crippen LogP contribution in [-0.2, 0) is 0 Å². The molecule has 0 fully saturated rings. The highest BCUT2D eigenvalue weighted by Crippen LogP contribution is 2.19. The van der Waals surface area contributed by atoms with Gasteiger partial charge >= 0.3 is 0 Å². The third-order valence-electron chi connectivity index (χ3n) is 2.18. The number of imidazole rings is 1. The standard InChI is InChI=1S/C11H10ClN3O/c1-7-4-8(12)2-3-9(7)15-11(16)10-5-13-6-14-10/h2-6H,1H3,(H,13,14)(H,15,16). The number of H-pyrrole nitrogens is 1. The molecule has 0 spiro atoms. The molecule has 2 N–H and O–H groups in total. The number of aromatic amines is 1. The van der Waals surface area contributed by atoms with Gasteiger partial charge in [-0.3, -0.25) is 4.79 Å². The third-order valence-corrected chi connectivity index (χ3v) is 2.41. The Bertz CT molecular complexity index is 508. The lowest BCUT2D eigenvalue weighted by molar-refractivity contribution is 0.102. The fourth-order valence-electron chi connectivity index (χ4n) is 1.34. The van der Waals surface area contributed by atoms with Gasteiger partial charge in [-0.05, 0) is 30.7 Å². The summed E-state index contributed by atoms with van der Waals surface area (Å²) >= 11 is 5.82. The SMILES string of the molecule is Cc1cc(Cl)ccc1NC(=O)c1cnc[nH]1. The molecule has 0 saturated heterocycles. The van der Waals surface area contributed by atoms with Crippen molar-refractivity contribution in [3.63, 3.8) is 0 Å². The van der Waals surface area contributed by atoms with Crippen molar-refractivity contribution < 1.29 is 4.79 Å². The van der Waals surface area contributed by atoms with Gasteiger partial charge in [-0.2, -0.15) is 0 Å². The zero-order chi connectivity index (χ0) is 11.5. The first kappa shape index (κ1) is 10.7. The van der Waals surface area contributed by atoms with E-state index in [9.17, 15) is 4.79 Å². The number of hydrogen-bond donors (Lipinski definition) is 2. The van der Waals surface area contributed by atoms with Crippen molar-refractivity contribution in [1.29, 1.82) is 0 Å². The summed E-state index contributed by atoms with van der Waals surface area (Å²) in [4.78, 5) is 18.2. The minimum absolute atomic E-state index is 0.220. The number of carbonyl (C=O) groups is 1. The Morgan fingerprint density at radius 2 is 2.31 bits per heavy atom. The van der Waals surface area contributed by atoms with Crippen molar-refractivity contribution in [2.45, 2.75) is 6.92 Å². The topological polar surface area (TPSA) is 57.8 Å². The van der Waals surface area contributed by atoms with E-state index in [0.717, 1.165) is 11.3 Å². The predicted octanol–water partition coefficient (Wildman–Crippen LogP) is 2.62. The summed E-state index contributed by atoms with van der Waals surface area (Å²) in [5, 5.41) is 3.42. The van der Waals surface area contributed by atoms with Gasteiger partial charge in [0, 0.05) is 10.7 Å². The number of rotatable bonds is 2. The van der Waals surface area contributed by atoms with E-state index in [-0.39, 0.29) is 5.91 Å².